The number of alkyl carbamates (subject to hydrolysis) is 1. The SMILES string of the molecule is Cc1nn(S(=O)(=O)c2ccccc2)c2ncc(-c3cc(OC[C@H](Cc4ccsc4)NC(=O)OC(C)(C)C)c(NC(=O)OC(C)(C)C)nc3Cl)nc12. The highest BCUT2D eigenvalue weighted by molar-refractivity contribution is 7.90. The fourth-order valence-electron chi connectivity index (χ4n) is 4.75. The highest BCUT2D eigenvalue weighted by atomic mass is 35.5. The first-order valence-corrected chi connectivity index (χ1v) is 18.5. The second-order valence-corrected chi connectivity index (χ2v) is 16.4. The van der Waals surface area contributed by atoms with E-state index >= 15 is 0 Å². The third-order valence-corrected chi connectivity index (χ3v) is 9.44. The molecule has 14 nitrogen and oxygen atoms in total. The van der Waals surface area contributed by atoms with E-state index in [1.165, 1.54) is 35.7 Å². The number of hydrogen-bond donors (Lipinski definition) is 2. The van der Waals surface area contributed by atoms with Gasteiger partial charge in [0, 0.05) is 5.56 Å². The third-order valence-electron chi connectivity index (χ3n) is 6.85. The van der Waals surface area contributed by atoms with E-state index in [-0.39, 0.29) is 50.6 Å². The summed E-state index contributed by atoms with van der Waals surface area (Å²) in [5, 5.41) is 13.5. The number of rotatable bonds is 10. The first-order chi connectivity index (χ1) is 23.9. The van der Waals surface area contributed by atoms with Crippen LogP contribution in [0.1, 0.15) is 52.8 Å². The minimum absolute atomic E-state index is 0.0216. The van der Waals surface area contributed by atoms with Crippen LogP contribution in [0.15, 0.2) is 64.3 Å². The highest BCUT2D eigenvalue weighted by Crippen LogP contribution is 2.35. The summed E-state index contributed by atoms with van der Waals surface area (Å²) < 4.78 is 44.8. The summed E-state index contributed by atoms with van der Waals surface area (Å²) in [6, 6.07) is 10.8. The van der Waals surface area contributed by atoms with Gasteiger partial charge in [-0.15, -0.1) is 4.09 Å². The number of aromatic nitrogens is 5. The summed E-state index contributed by atoms with van der Waals surface area (Å²) in [5.41, 5.74) is 0.498. The molecule has 4 heterocycles. The highest BCUT2D eigenvalue weighted by Gasteiger charge is 2.26. The van der Waals surface area contributed by atoms with Crippen molar-refractivity contribution in [2.75, 3.05) is 11.9 Å². The molecule has 5 rings (SSSR count). The molecule has 1 aromatic carbocycles. The molecule has 2 amide bonds. The first-order valence-electron chi connectivity index (χ1n) is 15.8. The quantitative estimate of drug-likeness (QED) is 0.140. The summed E-state index contributed by atoms with van der Waals surface area (Å²) >= 11 is 8.19. The van der Waals surface area contributed by atoms with E-state index in [2.05, 4.69) is 30.7 Å². The molecule has 0 saturated carbocycles. The second-order valence-electron chi connectivity index (χ2n) is 13.5. The van der Waals surface area contributed by atoms with Crippen LogP contribution in [0.5, 0.6) is 5.75 Å². The van der Waals surface area contributed by atoms with Crippen LogP contribution in [-0.2, 0) is 25.9 Å². The molecule has 0 aliphatic rings. The lowest BCUT2D eigenvalue weighted by Gasteiger charge is -2.24. The molecular weight excluding hydrogens is 718 g/mol. The second kappa shape index (κ2) is 14.8. The number of halogens is 1. The standard InChI is InChI=1S/C34H38ClN7O7S2/c1-20-27-30(42(41-20)51(45,46)23-11-9-8-10-12-23)36-17-25(38-27)24-16-26(29(39-28(24)35)40-32(44)49-34(5,6)7)47-18-22(15-21-13-14-50-19-21)37-31(43)48-33(2,3)4/h8-14,16-17,19,22H,15,18H2,1-7H3,(H,37,43)(H,39,40,44)/t22-/m0/s1. The fraction of sp³-hybridized carbons (Fsp3) is 0.353. The van der Waals surface area contributed by atoms with Gasteiger partial charge in [-0.3, -0.25) is 5.32 Å². The molecule has 0 aliphatic heterocycles. The minimum Gasteiger partial charge on any atom is -0.488 e. The number of hydrogen-bond acceptors (Lipinski definition) is 12. The molecule has 5 aromatic rings. The van der Waals surface area contributed by atoms with Crippen LogP contribution in [0.2, 0.25) is 5.15 Å². The van der Waals surface area contributed by atoms with Crippen LogP contribution in [0.3, 0.4) is 0 Å². The summed E-state index contributed by atoms with van der Waals surface area (Å²) in [7, 11) is -4.07. The maximum Gasteiger partial charge on any atom is 0.413 e. The molecule has 0 aliphatic carbocycles. The Labute approximate surface area is 304 Å². The molecule has 0 radical (unpaired) electrons. The van der Waals surface area contributed by atoms with Crippen molar-refractivity contribution in [1.82, 2.24) is 29.5 Å². The lowest BCUT2D eigenvalue weighted by molar-refractivity contribution is 0.0487. The van der Waals surface area contributed by atoms with Gasteiger partial charge in [0.25, 0.3) is 10.0 Å². The van der Waals surface area contributed by atoms with Crippen LogP contribution in [0.25, 0.3) is 22.4 Å². The zero-order valence-electron chi connectivity index (χ0n) is 29.1. The molecular formula is C34H38ClN7O7S2. The number of aryl methyl sites for hydroxylation is 1. The van der Waals surface area contributed by atoms with Gasteiger partial charge in [-0.2, -0.15) is 24.9 Å². The number of pyridine rings is 1. The van der Waals surface area contributed by atoms with Gasteiger partial charge in [0.05, 0.1) is 28.5 Å². The molecule has 2 N–H and O–H groups in total. The molecule has 17 heteroatoms. The Hall–Kier alpha value is -4.80. The maximum atomic E-state index is 13.4. The Bertz CT molecular complexity index is 2150. The van der Waals surface area contributed by atoms with Gasteiger partial charge in [-0.1, -0.05) is 29.8 Å². The van der Waals surface area contributed by atoms with Crippen LogP contribution in [0.4, 0.5) is 15.4 Å². The van der Waals surface area contributed by atoms with E-state index in [1.807, 2.05) is 16.8 Å². The van der Waals surface area contributed by atoms with E-state index in [1.54, 1.807) is 66.7 Å². The van der Waals surface area contributed by atoms with Gasteiger partial charge in [0.2, 0.25) is 0 Å². The van der Waals surface area contributed by atoms with Crippen molar-refractivity contribution < 1.29 is 32.2 Å². The maximum absolute atomic E-state index is 13.4. The number of amides is 2. The Morgan fingerprint density at radius 2 is 1.69 bits per heavy atom. The van der Waals surface area contributed by atoms with Gasteiger partial charge < -0.3 is 19.5 Å². The van der Waals surface area contributed by atoms with Crippen molar-refractivity contribution in [2.45, 2.75) is 77.0 Å². The van der Waals surface area contributed by atoms with Gasteiger partial charge in [0.15, 0.2) is 17.2 Å². The fourth-order valence-corrected chi connectivity index (χ4v) is 6.96. The number of thiophene rings is 1. The van der Waals surface area contributed by atoms with Gasteiger partial charge in [0.1, 0.15) is 28.5 Å². The minimum atomic E-state index is -4.07. The van der Waals surface area contributed by atoms with Crippen molar-refractivity contribution >= 4 is 62.1 Å². The number of ether oxygens (including phenoxy) is 3. The molecule has 0 bridgehead atoms. The molecule has 0 fully saturated rings. The number of anilines is 1. The predicted octanol–water partition coefficient (Wildman–Crippen LogP) is 7.01. The Morgan fingerprint density at radius 3 is 2.33 bits per heavy atom. The van der Waals surface area contributed by atoms with Gasteiger partial charge in [-0.05, 0) is 95.5 Å². The topological polar surface area (TPSA) is 177 Å². The van der Waals surface area contributed by atoms with Crippen molar-refractivity contribution in [3.63, 3.8) is 0 Å². The molecule has 4 aromatic heterocycles. The number of carbonyl (C=O) groups is 2. The zero-order chi connectivity index (χ0) is 37.1. The van der Waals surface area contributed by atoms with Crippen molar-refractivity contribution in [3.8, 4) is 17.0 Å². The van der Waals surface area contributed by atoms with E-state index in [9.17, 15) is 18.0 Å². The molecule has 270 valence electrons. The van der Waals surface area contributed by atoms with E-state index in [0.717, 1.165) is 9.65 Å². The van der Waals surface area contributed by atoms with Crippen molar-refractivity contribution in [1.29, 1.82) is 0 Å². The number of nitrogens with one attached hydrogen (secondary N) is 2. The van der Waals surface area contributed by atoms with Crippen molar-refractivity contribution in [3.05, 3.63) is 75.8 Å². The third kappa shape index (κ3) is 9.51. The van der Waals surface area contributed by atoms with Crippen LogP contribution in [-0.4, -0.2) is 68.6 Å². The average Bonchev–Trinajstić information content (AvgIpc) is 3.66. The monoisotopic (exact) mass is 755 g/mol. The van der Waals surface area contributed by atoms with E-state index in [0.29, 0.717) is 12.1 Å². The number of carbonyl (C=O) groups excluding carboxylic acids is 2. The molecule has 0 spiro atoms. The van der Waals surface area contributed by atoms with Crippen LogP contribution in [0, 0.1) is 6.92 Å². The molecule has 0 unspecified atom stereocenters. The Balaban J connectivity index is 1.52. The smallest absolute Gasteiger partial charge is 0.413 e. The van der Waals surface area contributed by atoms with Crippen LogP contribution < -0.4 is 15.4 Å². The van der Waals surface area contributed by atoms with E-state index in [4.69, 9.17) is 25.8 Å². The number of benzene rings is 1. The van der Waals surface area contributed by atoms with Crippen molar-refractivity contribution in [2.24, 2.45) is 0 Å². The molecule has 1 atom stereocenters. The Morgan fingerprint density at radius 1 is 1.00 bits per heavy atom. The first kappa shape index (κ1) is 37.5. The van der Waals surface area contributed by atoms with Gasteiger partial charge in [-0.25, -0.2) is 24.5 Å². The average molecular weight is 756 g/mol. The van der Waals surface area contributed by atoms with Crippen LogP contribution >= 0.6 is 22.9 Å². The summed E-state index contributed by atoms with van der Waals surface area (Å²) in [6.45, 7) is 12.0. The predicted molar refractivity (Wildman–Crippen MR) is 194 cm³/mol. The normalized spacial score (nSPS) is 12.7. The van der Waals surface area contributed by atoms with E-state index < -0.39 is 39.5 Å². The number of fused-ring (bicyclic) bond motifs is 1. The molecule has 0 saturated heterocycles. The molecule has 51 heavy (non-hydrogen) atoms. The summed E-state index contributed by atoms with van der Waals surface area (Å²) in [4.78, 5) is 39.1. The Kier molecular flexibility index (Phi) is 10.9. The zero-order valence-corrected chi connectivity index (χ0v) is 31.4. The number of nitrogens with zero attached hydrogens (tertiary/aromatic N) is 5. The summed E-state index contributed by atoms with van der Waals surface area (Å²) in [5.74, 6) is 0.0408. The van der Waals surface area contributed by atoms with Gasteiger partial charge >= 0.3 is 12.2 Å². The largest absolute Gasteiger partial charge is 0.488 e. The lowest BCUT2D eigenvalue weighted by Crippen LogP contribution is -2.43. The lowest BCUT2D eigenvalue weighted by atomic mass is 10.1. The summed E-state index contributed by atoms with van der Waals surface area (Å²) in [6.07, 6.45) is 0.344.